The van der Waals surface area contributed by atoms with Crippen LogP contribution in [0, 0.1) is 5.82 Å². The number of halogens is 3. The number of nitrogens with zero attached hydrogens (tertiary/aromatic N) is 2. The molecule has 0 aliphatic heterocycles. The SMILES string of the molecule is Fc1ccc(-c2csc3ncnc(Nc4ccc(Cl)c(Cl)c4)c23)cc1. The molecule has 0 bridgehead atoms. The van der Waals surface area contributed by atoms with Crippen molar-refractivity contribution in [2.24, 2.45) is 0 Å². The molecule has 0 spiro atoms. The summed E-state index contributed by atoms with van der Waals surface area (Å²) in [4.78, 5) is 9.53. The van der Waals surface area contributed by atoms with Crippen LogP contribution in [-0.4, -0.2) is 9.97 Å². The first-order valence-electron chi connectivity index (χ1n) is 7.32. The zero-order valence-electron chi connectivity index (χ0n) is 12.6. The lowest BCUT2D eigenvalue weighted by Gasteiger charge is -2.09. The highest BCUT2D eigenvalue weighted by Gasteiger charge is 2.13. The minimum absolute atomic E-state index is 0.270. The van der Waals surface area contributed by atoms with Gasteiger partial charge in [0.05, 0.1) is 15.4 Å². The van der Waals surface area contributed by atoms with Gasteiger partial charge >= 0.3 is 0 Å². The summed E-state index contributed by atoms with van der Waals surface area (Å²) in [6.45, 7) is 0. The Hall–Kier alpha value is -2.21. The minimum atomic E-state index is -0.270. The summed E-state index contributed by atoms with van der Waals surface area (Å²) in [6, 6.07) is 11.6. The van der Waals surface area contributed by atoms with Crippen LogP contribution in [0.1, 0.15) is 0 Å². The molecule has 124 valence electrons. The van der Waals surface area contributed by atoms with Crippen LogP contribution < -0.4 is 5.32 Å². The normalized spacial score (nSPS) is 11.0. The van der Waals surface area contributed by atoms with E-state index in [1.165, 1.54) is 29.8 Å². The van der Waals surface area contributed by atoms with Crippen molar-refractivity contribution in [2.75, 3.05) is 5.32 Å². The van der Waals surface area contributed by atoms with Gasteiger partial charge in [-0.15, -0.1) is 11.3 Å². The van der Waals surface area contributed by atoms with E-state index in [-0.39, 0.29) is 5.82 Å². The first-order chi connectivity index (χ1) is 12.1. The van der Waals surface area contributed by atoms with Crippen molar-refractivity contribution in [2.45, 2.75) is 0 Å². The van der Waals surface area contributed by atoms with Crippen molar-refractivity contribution >= 4 is 56.3 Å². The Kier molecular flexibility index (Phi) is 4.29. The molecule has 0 radical (unpaired) electrons. The molecule has 0 fully saturated rings. The maximum absolute atomic E-state index is 13.2. The Morgan fingerprint density at radius 1 is 0.960 bits per heavy atom. The van der Waals surface area contributed by atoms with Crippen LogP contribution in [0.4, 0.5) is 15.9 Å². The van der Waals surface area contributed by atoms with E-state index < -0.39 is 0 Å². The van der Waals surface area contributed by atoms with Gasteiger partial charge in [-0.2, -0.15) is 0 Å². The van der Waals surface area contributed by atoms with Crippen molar-refractivity contribution in [1.82, 2.24) is 9.97 Å². The van der Waals surface area contributed by atoms with Crippen molar-refractivity contribution in [1.29, 1.82) is 0 Å². The fourth-order valence-electron chi connectivity index (χ4n) is 2.52. The van der Waals surface area contributed by atoms with Crippen LogP contribution in [0.15, 0.2) is 54.2 Å². The first kappa shape index (κ1) is 16.3. The van der Waals surface area contributed by atoms with Gasteiger partial charge in [-0.05, 0) is 35.9 Å². The van der Waals surface area contributed by atoms with E-state index in [4.69, 9.17) is 23.2 Å². The zero-order valence-corrected chi connectivity index (χ0v) is 15.0. The summed E-state index contributed by atoms with van der Waals surface area (Å²) in [6.07, 6.45) is 1.51. The van der Waals surface area contributed by atoms with Crippen LogP contribution in [0.5, 0.6) is 0 Å². The van der Waals surface area contributed by atoms with Gasteiger partial charge in [-0.1, -0.05) is 35.3 Å². The predicted octanol–water partition coefficient (Wildman–Crippen LogP) is 6.55. The molecule has 0 atom stereocenters. The standard InChI is InChI=1S/C18H10Cl2FN3S/c19-14-6-5-12(7-15(14)20)24-17-16-13(8-25-18(16)23-9-22-17)10-1-3-11(21)4-2-10/h1-9H,(H,22,23,24). The van der Waals surface area contributed by atoms with Gasteiger partial charge < -0.3 is 5.32 Å². The highest BCUT2D eigenvalue weighted by Crippen LogP contribution is 2.38. The number of hydrogen-bond donors (Lipinski definition) is 1. The third kappa shape index (κ3) is 3.18. The summed E-state index contributed by atoms with van der Waals surface area (Å²) in [5, 5.41) is 7.08. The zero-order chi connectivity index (χ0) is 17.4. The Labute approximate surface area is 157 Å². The molecule has 2 heterocycles. The number of nitrogens with one attached hydrogen (secondary N) is 1. The van der Waals surface area contributed by atoms with Crippen LogP contribution in [-0.2, 0) is 0 Å². The molecule has 0 saturated carbocycles. The summed E-state index contributed by atoms with van der Waals surface area (Å²) in [7, 11) is 0. The maximum Gasteiger partial charge on any atom is 0.143 e. The molecule has 0 saturated heterocycles. The van der Waals surface area contributed by atoms with Crippen molar-refractivity contribution in [3.05, 3.63) is 70.0 Å². The molecule has 0 amide bonds. The lowest BCUT2D eigenvalue weighted by molar-refractivity contribution is 0.628. The van der Waals surface area contributed by atoms with E-state index >= 15 is 0 Å². The number of rotatable bonds is 3. The lowest BCUT2D eigenvalue weighted by atomic mass is 10.1. The van der Waals surface area contributed by atoms with Crippen molar-refractivity contribution in [3.63, 3.8) is 0 Å². The van der Waals surface area contributed by atoms with E-state index in [1.807, 2.05) is 11.4 Å². The number of benzene rings is 2. The average molecular weight is 390 g/mol. The number of hydrogen-bond acceptors (Lipinski definition) is 4. The molecule has 25 heavy (non-hydrogen) atoms. The molecule has 7 heteroatoms. The van der Waals surface area contributed by atoms with E-state index in [0.717, 1.165) is 27.0 Å². The van der Waals surface area contributed by atoms with Gasteiger partial charge in [-0.3, -0.25) is 0 Å². The second-order valence-corrected chi connectivity index (χ2v) is 6.99. The highest BCUT2D eigenvalue weighted by molar-refractivity contribution is 7.17. The summed E-state index contributed by atoms with van der Waals surface area (Å²) < 4.78 is 13.2. The molecule has 3 nitrogen and oxygen atoms in total. The molecule has 2 aromatic carbocycles. The number of fused-ring (bicyclic) bond motifs is 1. The second-order valence-electron chi connectivity index (χ2n) is 5.31. The molecule has 4 aromatic rings. The van der Waals surface area contributed by atoms with Crippen LogP contribution in [0.3, 0.4) is 0 Å². The van der Waals surface area contributed by atoms with Crippen molar-refractivity contribution in [3.8, 4) is 11.1 Å². The van der Waals surface area contributed by atoms with Crippen LogP contribution in [0.25, 0.3) is 21.3 Å². The maximum atomic E-state index is 13.2. The largest absolute Gasteiger partial charge is 0.340 e. The van der Waals surface area contributed by atoms with Crippen LogP contribution in [0.2, 0.25) is 10.0 Å². The van der Waals surface area contributed by atoms with Crippen LogP contribution >= 0.6 is 34.5 Å². The molecular weight excluding hydrogens is 380 g/mol. The first-order valence-corrected chi connectivity index (χ1v) is 8.95. The van der Waals surface area contributed by atoms with E-state index in [1.54, 1.807) is 24.3 Å². The van der Waals surface area contributed by atoms with Gasteiger partial charge in [-0.25, -0.2) is 14.4 Å². The molecule has 4 rings (SSSR count). The number of thiophene rings is 1. The molecule has 0 aliphatic carbocycles. The van der Waals surface area contributed by atoms with E-state index in [2.05, 4.69) is 15.3 Å². The molecule has 0 aliphatic rings. The molecule has 2 aromatic heterocycles. The van der Waals surface area contributed by atoms with E-state index in [0.29, 0.717) is 15.9 Å². The van der Waals surface area contributed by atoms with Gasteiger partial charge in [0.2, 0.25) is 0 Å². The number of anilines is 2. The summed E-state index contributed by atoms with van der Waals surface area (Å²) >= 11 is 13.6. The second kappa shape index (κ2) is 6.59. The smallest absolute Gasteiger partial charge is 0.143 e. The molecular formula is C18H10Cl2FN3S. The minimum Gasteiger partial charge on any atom is -0.340 e. The summed E-state index contributed by atoms with van der Waals surface area (Å²) in [5.41, 5.74) is 2.62. The topological polar surface area (TPSA) is 37.8 Å². The fourth-order valence-corrected chi connectivity index (χ4v) is 3.74. The van der Waals surface area contributed by atoms with Gasteiger partial charge in [0.1, 0.15) is 22.8 Å². The Balaban J connectivity index is 1.82. The Morgan fingerprint density at radius 3 is 2.52 bits per heavy atom. The fraction of sp³-hybridized carbons (Fsp3) is 0. The number of aromatic nitrogens is 2. The molecule has 1 N–H and O–H groups in total. The Bertz CT molecular complexity index is 1060. The van der Waals surface area contributed by atoms with Gasteiger partial charge in [0.15, 0.2) is 0 Å². The average Bonchev–Trinajstić information content (AvgIpc) is 3.04. The Morgan fingerprint density at radius 2 is 1.76 bits per heavy atom. The summed E-state index contributed by atoms with van der Waals surface area (Å²) in [5.74, 6) is 0.387. The third-order valence-corrected chi connectivity index (χ3v) is 5.33. The monoisotopic (exact) mass is 389 g/mol. The van der Waals surface area contributed by atoms with E-state index in [9.17, 15) is 4.39 Å². The quantitative estimate of drug-likeness (QED) is 0.431. The molecule has 0 unspecified atom stereocenters. The predicted molar refractivity (Wildman–Crippen MR) is 103 cm³/mol. The lowest BCUT2D eigenvalue weighted by Crippen LogP contribution is -1.95. The highest BCUT2D eigenvalue weighted by atomic mass is 35.5. The third-order valence-electron chi connectivity index (χ3n) is 3.71. The van der Waals surface area contributed by atoms with Gasteiger partial charge in [0, 0.05) is 16.6 Å². The van der Waals surface area contributed by atoms with Crippen molar-refractivity contribution < 1.29 is 4.39 Å². The van der Waals surface area contributed by atoms with Gasteiger partial charge in [0.25, 0.3) is 0 Å².